The highest BCUT2D eigenvalue weighted by Crippen LogP contribution is 2.29. The number of aliphatic carboxylic acids is 1. The van der Waals surface area contributed by atoms with Gasteiger partial charge in [-0.3, -0.25) is 4.79 Å². The molecular formula is C13H12N2O4S2. The maximum Gasteiger partial charge on any atom is 0.339 e. The third kappa shape index (κ3) is 4.54. The molecule has 0 atom stereocenters. The molecule has 0 saturated carbocycles. The van der Waals surface area contributed by atoms with E-state index in [9.17, 15) is 9.59 Å². The van der Waals surface area contributed by atoms with Crippen molar-refractivity contribution in [3.8, 4) is 0 Å². The Bertz CT molecular complexity index is 640. The molecule has 110 valence electrons. The fourth-order valence-corrected chi connectivity index (χ4v) is 3.16. The molecule has 0 amide bonds. The van der Waals surface area contributed by atoms with Crippen molar-refractivity contribution in [1.29, 1.82) is 0 Å². The van der Waals surface area contributed by atoms with Gasteiger partial charge in [0.15, 0.2) is 4.34 Å². The van der Waals surface area contributed by atoms with E-state index >= 15 is 0 Å². The molecule has 0 aliphatic carbocycles. The first-order chi connectivity index (χ1) is 10.1. The number of carbonyl (C=O) groups is 2. The lowest BCUT2D eigenvalue weighted by atomic mass is 10.3. The molecule has 0 aliphatic heterocycles. The van der Waals surface area contributed by atoms with Gasteiger partial charge in [0.25, 0.3) is 0 Å². The largest absolute Gasteiger partial charge is 0.481 e. The maximum absolute atomic E-state index is 11.5. The Balaban J connectivity index is 2.01. The van der Waals surface area contributed by atoms with E-state index in [1.54, 1.807) is 24.4 Å². The molecule has 0 aliphatic rings. The molecule has 2 aromatic rings. The van der Waals surface area contributed by atoms with Crippen molar-refractivity contribution >= 4 is 35.0 Å². The number of rotatable bonds is 6. The first-order valence-electron chi connectivity index (χ1n) is 6.05. The summed E-state index contributed by atoms with van der Waals surface area (Å²) in [7, 11) is 0. The zero-order chi connectivity index (χ0) is 15.2. The van der Waals surface area contributed by atoms with Gasteiger partial charge in [0.1, 0.15) is 5.03 Å². The number of carbonyl (C=O) groups excluding carboxylic acids is 1. The normalized spacial score (nSPS) is 10.3. The predicted octanol–water partition coefficient (Wildman–Crippen LogP) is 2.49. The first-order valence-corrected chi connectivity index (χ1v) is 7.75. The van der Waals surface area contributed by atoms with Gasteiger partial charge in [0.05, 0.1) is 24.3 Å². The molecule has 2 rings (SSSR count). The lowest BCUT2D eigenvalue weighted by Gasteiger charge is -2.01. The van der Waals surface area contributed by atoms with Crippen molar-refractivity contribution in [2.24, 2.45) is 0 Å². The van der Waals surface area contributed by atoms with E-state index in [2.05, 4.69) is 9.97 Å². The zero-order valence-corrected chi connectivity index (χ0v) is 12.7. The van der Waals surface area contributed by atoms with Crippen LogP contribution in [-0.4, -0.2) is 33.6 Å². The number of pyridine rings is 1. The number of carboxylic acid groups (broad SMARTS) is 1. The fraction of sp³-hybridized carbons (Fsp3) is 0.231. The van der Waals surface area contributed by atoms with Crippen LogP contribution >= 0.6 is 23.1 Å². The Kier molecular flexibility index (Phi) is 5.29. The SMILES string of the molecule is CCOC(=O)c1ccc(Sc2nc(CC(=O)O)cs2)nc1. The number of hydrogen-bond acceptors (Lipinski definition) is 7. The second-order valence-electron chi connectivity index (χ2n) is 3.88. The number of nitrogens with zero attached hydrogens (tertiary/aromatic N) is 2. The predicted molar refractivity (Wildman–Crippen MR) is 77.8 cm³/mol. The van der Waals surface area contributed by atoms with Gasteiger partial charge < -0.3 is 9.84 Å². The molecule has 6 nitrogen and oxygen atoms in total. The van der Waals surface area contributed by atoms with E-state index in [0.29, 0.717) is 27.2 Å². The monoisotopic (exact) mass is 324 g/mol. The molecule has 0 saturated heterocycles. The fourth-order valence-electron chi connectivity index (χ4n) is 1.44. The van der Waals surface area contributed by atoms with Crippen LogP contribution in [0.25, 0.3) is 0 Å². The van der Waals surface area contributed by atoms with Crippen LogP contribution < -0.4 is 0 Å². The Morgan fingerprint density at radius 1 is 1.43 bits per heavy atom. The molecule has 8 heteroatoms. The van der Waals surface area contributed by atoms with Crippen molar-refractivity contribution in [3.05, 3.63) is 35.0 Å². The average molecular weight is 324 g/mol. The Morgan fingerprint density at radius 3 is 2.86 bits per heavy atom. The molecule has 2 heterocycles. The molecule has 0 fully saturated rings. The second kappa shape index (κ2) is 7.19. The molecule has 0 radical (unpaired) electrons. The van der Waals surface area contributed by atoms with Crippen molar-refractivity contribution in [2.75, 3.05) is 6.61 Å². The zero-order valence-electron chi connectivity index (χ0n) is 11.1. The summed E-state index contributed by atoms with van der Waals surface area (Å²) >= 11 is 2.68. The van der Waals surface area contributed by atoms with E-state index in [4.69, 9.17) is 9.84 Å². The smallest absolute Gasteiger partial charge is 0.339 e. The molecule has 0 spiro atoms. The average Bonchev–Trinajstić information content (AvgIpc) is 2.86. The van der Waals surface area contributed by atoms with E-state index in [1.165, 1.54) is 29.3 Å². The molecule has 0 unspecified atom stereocenters. The molecule has 0 bridgehead atoms. The van der Waals surface area contributed by atoms with Crippen molar-refractivity contribution in [1.82, 2.24) is 9.97 Å². The summed E-state index contributed by atoms with van der Waals surface area (Å²) in [5, 5.41) is 11.1. The second-order valence-corrected chi connectivity index (χ2v) is 6.01. The van der Waals surface area contributed by atoms with Crippen LogP contribution in [0.1, 0.15) is 23.0 Å². The summed E-state index contributed by atoms with van der Waals surface area (Å²) in [6.07, 6.45) is 1.36. The highest BCUT2D eigenvalue weighted by Gasteiger charge is 2.10. The Labute approximate surface area is 129 Å². The van der Waals surface area contributed by atoms with Crippen LogP contribution in [0.4, 0.5) is 0 Å². The van der Waals surface area contributed by atoms with Crippen LogP contribution in [-0.2, 0) is 16.0 Å². The number of carboxylic acids is 1. The minimum absolute atomic E-state index is 0.0910. The number of hydrogen-bond donors (Lipinski definition) is 1. The minimum atomic E-state index is -0.909. The van der Waals surface area contributed by atoms with Crippen LogP contribution in [0.15, 0.2) is 33.1 Å². The van der Waals surface area contributed by atoms with E-state index < -0.39 is 11.9 Å². The van der Waals surface area contributed by atoms with E-state index in [-0.39, 0.29) is 6.42 Å². The molecule has 2 aromatic heterocycles. The number of esters is 1. The van der Waals surface area contributed by atoms with E-state index in [1.807, 2.05) is 0 Å². The van der Waals surface area contributed by atoms with Crippen molar-refractivity contribution in [3.63, 3.8) is 0 Å². The van der Waals surface area contributed by atoms with E-state index in [0.717, 1.165) is 0 Å². The summed E-state index contributed by atoms with van der Waals surface area (Å²) in [5.74, 6) is -1.31. The highest BCUT2D eigenvalue weighted by molar-refractivity contribution is 8.01. The van der Waals surface area contributed by atoms with Gasteiger partial charge in [0.2, 0.25) is 0 Å². The number of ether oxygens (including phenoxy) is 1. The summed E-state index contributed by atoms with van der Waals surface area (Å²) in [6.45, 7) is 2.06. The van der Waals surface area contributed by atoms with Crippen molar-refractivity contribution in [2.45, 2.75) is 22.7 Å². The first kappa shape index (κ1) is 15.5. The maximum atomic E-state index is 11.5. The quantitative estimate of drug-likeness (QED) is 0.816. The lowest BCUT2D eigenvalue weighted by molar-refractivity contribution is -0.136. The topological polar surface area (TPSA) is 89.4 Å². The highest BCUT2D eigenvalue weighted by atomic mass is 32.2. The van der Waals surface area contributed by atoms with Crippen LogP contribution in [0.5, 0.6) is 0 Å². The van der Waals surface area contributed by atoms with Gasteiger partial charge in [-0.2, -0.15) is 0 Å². The third-order valence-corrected chi connectivity index (χ3v) is 4.24. The Morgan fingerprint density at radius 2 is 2.24 bits per heavy atom. The van der Waals surface area contributed by atoms with Gasteiger partial charge in [-0.05, 0) is 30.8 Å². The minimum Gasteiger partial charge on any atom is -0.481 e. The molecular weight excluding hydrogens is 312 g/mol. The van der Waals surface area contributed by atoms with Crippen molar-refractivity contribution < 1.29 is 19.4 Å². The Hall–Kier alpha value is -1.93. The summed E-state index contributed by atoms with van der Waals surface area (Å²) in [5.41, 5.74) is 0.921. The van der Waals surface area contributed by atoms with Crippen LogP contribution in [0, 0.1) is 0 Å². The third-order valence-electron chi connectivity index (χ3n) is 2.30. The molecule has 1 N–H and O–H groups in total. The molecule has 21 heavy (non-hydrogen) atoms. The van der Waals surface area contributed by atoms with Gasteiger partial charge >= 0.3 is 11.9 Å². The summed E-state index contributed by atoms with van der Waals surface area (Å²) < 4.78 is 5.59. The van der Waals surface area contributed by atoms with Gasteiger partial charge in [-0.1, -0.05) is 0 Å². The van der Waals surface area contributed by atoms with Crippen LogP contribution in [0.2, 0.25) is 0 Å². The number of aromatic nitrogens is 2. The van der Waals surface area contributed by atoms with Crippen LogP contribution in [0.3, 0.4) is 0 Å². The lowest BCUT2D eigenvalue weighted by Crippen LogP contribution is -2.04. The molecule has 0 aromatic carbocycles. The summed E-state index contributed by atoms with van der Waals surface area (Å²) in [4.78, 5) is 30.4. The standard InChI is InChI=1S/C13H12N2O4S2/c1-2-19-12(18)8-3-4-10(14-6-8)21-13-15-9(7-20-13)5-11(16)17/h3-4,6-7H,2,5H2,1H3,(H,16,17). The van der Waals surface area contributed by atoms with Gasteiger partial charge in [-0.15, -0.1) is 11.3 Å². The summed E-state index contributed by atoms with van der Waals surface area (Å²) in [6, 6.07) is 3.34. The van der Waals surface area contributed by atoms with Gasteiger partial charge in [0, 0.05) is 11.6 Å². The van der Waals surface area contributed by atoms with Gasteiger partial charge in [-0.25, -0.2) is 14.8 Å². The number of thiazole rings is 1.